The Morgan fingerprint density at radius 3 is 2.70 bits per heavy atom. The number of Topliss-reactive ketones (excluding diaryl/α,β-unsaturated/α-hetero) is 1. The molecule has 104 valence electrons. The average Bonchev–Trinajstić information content (AvgIpc) is 2.47. The third-order valence-corrected chi connectivity index (χ3v) is 3.61. The van der Waals surface area contributed by atoms with Gasteiger partial charge in [0.05, 0.1) is 5.69 Å². The Hall–Kier alpha value is -2.21. The summed E-state index contributed by atoms with van der Waals surface area (Å²) in [7, 11) is 0. The van der Waals surface area contributed by atoms with Crippen LogP contribution in [0.25, 0.3) is 0 Å². The van der Waals surface area contributed by atoms with Crippen molar-refractivity contribution in [3.8, 4) is 0 Å². The Balaban J connectivity index is 2.06. The van der Waals surface area contributed by atoms with Crippen molar-refractivity contribution in [1.82, 2.24) is 10.2 Å². The first-order chi connectivity index (χ1) is 9.68. The number of carboxylic acids is 1. The van der Waals surface area contributed by atoms with Gasteiger partial charge in [0.1, 0.15) is 5.84 Å². The number of benzene rings is 1. The number of rotatable bonds is 1. The number of piperazine rings is 1. The van der Waals surface area contributed by atoms with E-state index in [-0.39, 0.29) is 5.78 Å². The molecule has 3 rings (SSSR count). The molecular formula is C14H15N3O3. The van der Waals surface area contributed by atoms with Crippen LogP contribution in [0.3, 0.4) is 0 Å². The monoisotopic (exact) mass is 273 g/mol. The fourth-order valence-electron chi connectivity index (χ4n) is 2.61. The SMILES string of the molecule is O=C(O)C1C(=O)c2ccccc2N=C1N1CCNCC1. The van der Waals surface area contributed by atoms with E-state index in [0.717, 1.165) is 13.1 Å². The summed E-state index contributed by atoms with van der Waals surface area (Å²) in [6, 6.07) is 6.90. The molecule has 0 radical (unpaired) electrons. The van der Waals surface area contributed by atoms with Gasteiger partial charge in [0.25, 0.3) is 0 Å². The van der Waals surface area contributed by atoms with Crippen LogP contribution in [-0.2, 0) is 4.79 Å². The Bertz CT molecular complexity index is 591. The molecule has 6 nitrogen and oxygen atoms in total. The maximum absolute atomic E-state index is 12.4. The number of nitrogens with one attached hydrogen (secondary N) is 1. The molecule has 0 amide bonds. The van der Waals surface area contributed by atoms with Crippen LogP contribution in [0, 0.1) is 5.92 Å². The fraction of sp³-hybridized carbons (Fsp3) is 0.357. The zero-order valence-corrected chi connectivity index (χ0v) is 10.9. The van der Waals surface area contributed by atoms with Gasteiger partial charge in [-0.05, 0) is 12.1 Å². The number of ketones is 1. The quantitative estimate of drug-likeness (QED) is 0.729. The summed E-state index contributed by atoms with van der Waals surface area (Å²) in [6.07, 6.45) is 0. The summed E-state index contributed by atoms with van der Waals surface area (Å²) in [5.41, 5.74) is 0.947. The third kappa shape index (κ3) is 2.08. The second-order valence-corrected chi connectivity index (χ2v) is 4.86. The molecule has 1 unspecified atom stereocenters. The van der Waals surface area contributed by atoms with E-state index in [2.05, 4.69) is 10.3 Å². The van der Waals surface area contributed by atoms with E-state index in [0.29, 0.717) is 30.2 Å². The van der Waals surface area contributed by atoms with Crippen LogP contribution in [0.2, 0.25) is 0 Å². The summed E-state index contributed by atoms with van der Waals surface area (Å²) in [5, 5.41) is 12.6. The molecule has 20 heavy (non-hydrogen) atoms. The maximum atomic E-state index is 12.4. The summed E-state index contributed by atoms with van der Waals surface area (Å²) in [5.74, 6) is -2.34. The number of hydrogen-bond acceptors (Lipinski definition) is 5. The van der Waals surface area contributed by atoms with Crippen LogP contribution in [0.5, 0.6) is 0 Å². The summed E-state index contributed by atoms with van der Waals surface area (Å²) in [6.45, 7) is 2.86. The van der Waals surface area contributed by atoms with Crippen molar-refractivity contribution in [3.63, 3.8) is 0 Å². The highest BCUT2D eigenvalue weighted by Crippen LogP contribution is 2.29. The van der Waals surface area contributed by atoms with Crippen molar-refractivity contribution in [1.29, 1.82) is 0 Å². The van der Waals surface area contributed by atoms with Gasteiger partial charge in [-0.1, -0.05) is 12.1 Å². The number of para-hydroxylation sites is 1. The minimum Gasteiger partial charge on any atom is -0.480 e. The second kappa shape index (κ2) is 5.05. The van der Waals surface area contributed by atoms with Gasteiger partial charge in [0, 0.05) is 31.7 Å². The molecule has 6 heteroatoms. The number of fused-ring (bicyclic) bond motifs is 1. The number of carbonyl (C=O) groups excluding carboxylic acids is 1. The van der Waals surface area contributed by atoms with Gasteiger partial charge in [-0.15, -0.1) is 0 Å². The number of hydrogen-bond donors (Lipinski definition) is 2. The lowest BCUT2D eigenvalue weighted by molar-refractivity contribution is -0.138. The zero-order valence-electron chi connectivity index (χ0n) is 10.9. The highest BCUT2D eigenvalue weighted by Gasteiger charge is 2.39. The van der Waals surface area contributed by atoms with Crippen molar-refractivity contribution < 1.29 is 14.7 Å². The van der Waals surface area contributed by atoms with E-state index < -0.39 is 11.9 Å². The van der Waals surface area contributed by atoms with Gasteiger partial charge in [-0.2, -0.15) is 0 Å². The highest BCUT2D eigenvalue weighted by molar-refractivity contribution is 6.26. The van der Waals surface area contributed by atoms with Gasteiger partial charge < -0.3 is 15.3 Å². The number of aliphatic imine (C=N–C) groups is 1. The molecule has 2 N–H and O–H groups in total. The van der Waals surface area contributed by atoms with Gasteiger partial charge >= 0.3 is 5.97 Å². The van der Waals surface area contributed by atoms with Crippen LogP contribution in [0.4, 0.5) is 5.69 Å². The zero-order chi connectivity index (χ0) is 14.1. The molecule has 0 aliphatic carbocycles. The lowest BCUT2D eigenvalue weighted by atomic mass is 9.91. The molecule has 2 aliphatic rings. The molecular weight excluding hydrogens is 258 g/mol. The van der Waals surface area contributed by atoms with Crippen LogP contribution in [0.1, 0.15) is 10.4 Å². The molecule has 2 aliphatic heterocycles. The minimum absolute atomic E-state index is 0.364. The van der Waals surface area contributed by atoms with E-state index in [1.54, 1.807) is 24.3 Å². The highest BCUT2D eigenvalue weighted by atomic mass is 16.4. The molecule has 0 spiro atoms. The second-order valence-electron chi connectivity index (χ2n) is 4.86. The molecule has 0 bridgehead atoms. The Kier molecular flexibility index (Phi) is 3.23. The third-order valence-electron chi connectivity index (χ3n) is 3.61. The number of nitrogens with zero attached hydrogens (tertiary/aromatic N) is 2. The molecule has 0 aromatic heterocycles. The fourth-order valence-corrected chi connectivity index (χ4v) is 2.61. The number of aliphatic carboxylic acids is 1. The topological polar surface area (TPSA) is 82.0 Å². The molecule has 1 aromatic rings. The molecule has 2 heterocycles. The van der Waals surface area contributed by atoms with E-state index in [1.807, 2.05) is 4.90 Å². The summed E-state index contributed by atoms with van der Waals surface area (Å²) < 4.78 is 0. The van der Waals surface area contributed by atoms with Crippen molar-refractivity contribution in [2.24, 2.45) is 10.9 Å². The van der Waals surface area contributed by atoms with Crippen molar-refractivity contribution in [2.75, 3.05) is 26.2 Å². The van der Waals surface area contributed by atoms with Gasteiger partial charge in [0.15, 0.2) is 11.7 Å². The molecule has 0 saturated carbocycles. The first kappa shape index (κ1) is 12.8. The number of amidine groups is 1. The Labute approximate surface area is 116 Å². The first-order valence-corrected chi connectivity index (χ1v) is 6.59. The van der Waals surface area contributed by atoms with Crippen molar-refractivity contribution in [2.45, 2.75) is 0 Å². The van der Waals surface area contributed by atoms with Gasteiger partial charge in [-0.3, -0.25) is 9.59 Å². The normalized spacial score (nSPS) is 22.2. The lowest BCUT2D eigenvalue weighted by Gasteiger charge is -2.34. The first-order valence-electron chi connectivity index (χ1n) is 6.59. The van der Waals surface area contributed by atoms with Gasteiger partial charge in [-0.25, -0.2) is 4.99 Å². The average molecular weight is 273 g/mol. The lowest BCUT2D eigenvalue weighted by Crippen LogP contribution is -2.52. The van der Waals surface area contributed by atoms with Crippen molar-refractivity contribution in [3.05, 3.63) is 29.8 Å². The van der Waals surface area contributed by atoms with E-state index in [9.17, 15) is 14.7 Å². The Morgan fingerprint density at radius 2 is 2.00 bits per heavy atom. The van der Waals surface area contributed by atoms with Crippen LogP contribution >= 0.6 is 0 Å². The van der Waals surface area contributed by atoms with Crippen LogP contribution in [-0.4, -0.2) is 53.8 Å². The molecule has 1 saturated heterocycles. The molecule has 1 fully saturated rings. The predicted octanol–water partition coefficient (Wildman–Crippen LogP) is 0.519. The van der Waals surface area contributed by atoms with Crippen LogP contribution in [0.15, 0.2) is 29.3 Å². The van der Waals surface area contributed by atoms with E-state index in [4.69, 9.17) is 0 Å². The molecule has 1 aromatic carbocycles. The smallest absolute Gasteiger partial charge is 0.322 e. The summed E-state index contributed by atoms with van der Waals surface area (Å²) >= 11 is 0. The maximum Gasteiger partial charge on any atom is 0.322 e. The van der Waals surface area contributed by atoms with Crippen molar-refractivity contribution >= 4 is 23.3 Å². The van der Waals surface area contributed by atoms with Crippen LogP contribution < -0.4 is 5.32 Å². The Morgan fingerprint density at radius 1 is 1.30 bits per heavy atom. The largest absolute Gasteiger partial charge is 0.480 e. The number of carbonyl (C=O) groups is 2. The molecule has 1 atom stereocenters. The summed E-state index contributed by atoms with van der Waals surface area (Å²) in [4.78, 5) is 30.2. The number of carboxylic acid groups (broad SMARTS) is 1. The standard InChI is InChI=1S/C14H15N3O3/c18-12-9-3-1-2-4-10(9)16-13(11(12)14(19)20)17-7-5-15-6-8-17/h1-4,11,15H,5-8H2,(H,19,20). The van der Waals surface area contributed by atoms with E-state index in [1.165, 1.54) is 0 Å². The van der Waals surface area contributed by atoms with E-state index >= 15 is 0 Å². The predicted molar refractivity (Wildman–Crippen MR) is 73.4 cm³/mol. The minimum atomic E-state index is -1.19. The van der Waals surface area contributed by atoms with Gasteiger partial charge in [0.2, 0.25) is 0 Å².